The molecule has 0 saturated carbocycles. The number of methoxy groups -OCH3 is 1. The lowest BCUT2D eigenvalue weighted by Gasteiger charge is -2.18. The highest BCUT2D eigenvalue weighted by molar-refractivity contribution is 6.01. The zero-order chi connectivity index (χ0) is 35.4. The number of nitrogens with one attached hydrogen (secondary N) is 4. The van der Waals surface area contributed by atoms with E-state index in [1.807, 2.05) is 66.7 Å². The molecule has 13 heteroatoms. The van der Waals surface area contributed by atoms with E-state index in [4.69, 9.17) is 18.9 Å². The predicted octanol–water partition coefficient (Wildman–Crippen LogP) is 5.92. The highest BCUT2D eigenvalue weighted by Crippen LogP contribution is 2.16. The van der Waals surface area contributed by atoms with E-state index in [1.54, 1.807) is 48.5 Å². The van der Waals surface area contributed by atoms with Crippen LogP contribution in [-0.2, 0) is 38.8 Å². The van der Waals surface area contributed by atoms with Gasteiger partial charge in [0.2, 0.25) is 11.9 Å². The van der Waals surface area contributed by atoms with E-state index in [0.29, 0.717) is 11.4 Å². The number of ether oxygens (including phenoxy) is 4. The molecule has 1 atom stereocenters. The van der Waals surface area contributed by atoms with E-state index in [9.17, 15) is 19.2 Å². The molecule has 0 bridgehead atoms. The van der Waals surface area contributed by atoms with Crippen LogP contribution in [0.4, 0.5) is 20.1 Å². The van der Waals surface area contributed by atoms with Gasteiger partial charge in [-0.2, -0.15) is 0 Å². The second-order valence-corrected chi connectivity index (χ2v) is 10.7. The van der Waals surface area contributed by atoms with Crippen molar-refractivity contribution in [2.45, 2.75) is 38.7 Å². The van der Waals surface area contributed by atoms with Gasteiger partial charge in [0.25, 0.3) is 0 Å². The molecule has 0 aliphatic heterocycles. The van der Waals surface area contributed by atoms with E-state index in [-0.39, 0.29) is 45.2 Å². The van der Waals surface area contributed by atoms with Gasteiger partial charge < -0.3 is 29.6 Å². The minimum Gasteiger partial charge on any atom is -0.497 e. The third kappa shape index (κ3) is 13.4. The number of carbonyl (C=O) groups is 4. The van der Waals surface area contributed by atoms with Gasteiger partial charge in [-0.3, -0.25) is 20.4 Å². The number of rotatable bonds is 14. The number of amides is 4. The summed E-state index contributed by atoms with van der Waals surface area (Å²) in [6, 6.07) is 33.0. The molecule has 4 rings (SSSR count). The zero-order valence-corrected chi connectivity index (χ0v) is 27.5. The first kappa shape index (κ1) is 36.5. The molecule has 0 aliphatic carbocycles. The summed E-state index contributed by atoms with van der Waals surface area (Å²) in [5.41, 5.74) is 2.82. The van der Waals surface area contributed by atoms with E-state index < -0.39 is 30.2 Å². The number of hydrogen-bond acceptors (Lipinski definition) is 9. The predicted molar refractivity (Wildman–Crippen MR) is 186 cm³/mol. The highest BCUT2D eigenvalue weighted by Gasteiger charge is 2.22. The van der Waals surface area contributed by atoms with Crippen molar-refractivity contribution >= 4 is 35.8 Å². The average molecular weight is 682 g/mol. The Morgan fingerprint density at radius 3 is 1.54 bits per heavy atom. The lowest BCUT2D eigenvalue weighted by Crippen LogP contribution is -2.45. The van der Waals surface area contributed by atoms with Crippen molar-refractivity contribution in [1.29, 1.82) is 0 Å². The summed E-state index contributed by atoms with van der Waals surface area (Å²) in [6.07, 6.45) is -2.09. The number of alkyl carbamates (subject to hydrolysis) is 3. The molecule has 0 unspecified atom stereocenters. The van der Waals surface area contributed by atoms with Gasteiger partial charge in [-0.05, 0) is 53.8 Å². The van der Waals surface area contributed by atoms with Gasteiger partial charge in [0.1, 0.15) is 31.6 Å². The van der Waals surface area contributed by atoms with Crippen molar-refractivity contribution in [2.24, 2.45) is 4.99 Å². The summed E-state index contributed by atoms with van der Waals surface area (Å²) in [5.74, 6) is -0.0807. The van der Waals surface area contributed by atoms with Gasteiger partial charge in [-0.25, -0.2) is 14.4 Å². The molecule has 13 nitrogen and oxygen atoms in total. The summed E-state index contributed by atoms with van der Waals surface area (Å²) >= 11 is 0. The van der Waals surface area contributed by atoms with E-state index in [2.05, 4.69) is 26.3 Å². The Kier molecular flexibility index (Phi) is 14.7. The summed E-state index contributed by atoms with van der Waals surface area (Å²) in [6.45, 7) is 0.0520. The third-order valence-electron chi connectivity index (χ3n) is 6.97. The van der Waals surface area contributed by atoms with Crippen LogP contribution in [0.3, 0.4) is 0 Å². The number of carbonyl (C=O) groups excluding carboxylic acids is 4. The molecule has 0 radical (unpaired) electrons. The van der Waals surface area contributed by atoms with Gasteiger partial charge in [-0.1, -0.05) is 91.0 Å². The number of benzene rings is 4. The van der Waals surface area contributed by atoms with Crippen LogP contribution in [0.1, 0.15) is 29.5 Å². The maximum Gasteiger partial charge on any atom is 0.414 e. The molecule has 50 heavy (non-hydrogen) atoms. The van der Waals surface area contributed by atoms with Crippen LogP contribution in [0.15, 0.2) is 120 Å². The minimum atomic E-state index is -1.01. The van der Waals surface area contributed by atoms with Crippen LogP contribution in [0.5, 0.6) is 5.75 Å². The maximum absolute atomic E-state index is 13.3. The highest BCUT2D eigenvalue weighted by atomic mass is 16.6. The van der Waals surface area contributed by atoms with Crippen LogP contribution >= 0.6 is 0 Å². The number of hydrogen-bond donors (Lipinski definition) is 4. The van der Waals surface area contributed by atoms with Gasteiger partial charge in [-0.15, -0.1) is 0 Å². The molecule has 0 heterocycles. The summed E-state index contributed by atoms with van der Waals surface area (Å²) in [5, 5.41) is 10.3. The van der Waals surface area contributed by atoms with Gasteiger partial charge >= 0.3 is 18.3 Å². The van der Waals surface area contributed by atoms with E-state index >= 15 is 0 Å². The lowest BCUT2D eigenvalue weighted by molar-refractivity contribution is -0.118. The number of anilines is 1. The molecule has 0 fully saturated rings. The normalized spacial score (nSPS) is 10.8. The van der Waals surface area contributed by atoms with Crippen molar-refractivity contribution in [3.05, 3.63) is 132 Å². The molecule has 0 saturated heterocycles. The molecule has 4 N–H and O–H groups in total. The fraction of sp³-hybridized carbons (Fsp3) is 0.216. The fourth-order valence-electron chi connectivity index (χ4n) is 4.39. The average Bonchev–Trinajstić information content (AvgIpc) is 3.15. The Labute approximate surface area is 290 Å². The molecule has 4 amide bonds. The minimum absolute atomic E-state index is 0.00453. The Balaban J connectivity index is 1.38. The SMILES string of the molecule is COc1ccc(NC(=O)[C@H](CCCN=C(NC(=O)OCc2ccccc2)NC(=O)OCc2ccccc2)NC(=O)OCc2ccccc2)cc1. The molecule has 0 aliphatic rings. The van der Waals surface area contributed by atoms with Crippen LogP contribution in [0.2, 0.25) is 0 Å². The molecular formula is C37H39N5O8. The van der Waals surface area contributed by atoms with Crippen LogP contribution in [0.25, 0.3) is 0 Å². The number of nitrogens with zero attached hydrogens (tertiary/aromatic N) is 1. The lowest BCUT2D eigenvalue weighted by atomic mass is 10.1. The monoisotopic (exact) mass is 681 g/mol. The Morgan fingerprint density at radius 1 is 0.620 bits per heavy atom. The van der Waals surface area contributed by atoms with Crippen molar-refractivity contribution in [2.75, 3.05) is 19.0 Å². The van der Waals surface area contributed by atoms with Crippen LogP contribution < -0.4 is 26.0 Å². The standard InChI is InChI=1S/C37H39N5O8/c1-47-31-21-19-30(20-22-31)39-33(43)32(40-35(44)48-24-27-12-5-2-6-13-27)18-11-23-38-34(41-36(45)49-25-28-14-7-3-8-15-28)42-37(46)50-26-29-16-9-4-10-17-29/h2-10,12-17,19-22,32H,11,18,23-26H2,1H3,(H,39,43)(H,40,44)(H2,38,41,42,45,46)/t32-/m0/s1. The van der Waals surface area contributed by atoms with Crippen molar-refractivity contribution < 1.29 is 38.1 Å². The van der Waals surface area contributed by atoms with Crippen molar-refractivity contribution in [1.82, 2.24) is 16.0 Å². The second kappa shape index (κ2) is 20.1. The topological polar surface area (TPSA) is 166 Å². The van der Waals surface area contributed by atoms with E-state index in [0.717, 1.165) is 16.7 Å². The first-order chi connectivity index (χ1) is 24.4. The third-order valence-corrected chi connectivity index (χ3v) is 6.97. The Morgan fingerprint density at radius 2 is 1.08 bits per heavy atom. The van der Waals surface area contributed by atoms with Gasteiger partial charge in [0.15, 0.2) is 0 Å². The van der Waals surface area contributed by atoms with Crippen LogP contribution in [-0.4, -0.2) is 49.8 Å². The largest absolute Gasteiger partial charge is 0.497 e. The fourth-order valence-corrected chi connectivity index (χ4v) is 4.39. The number of aliphatic imine (C=N–C) groups is 1. The molecule has 260 valence electrons. The summed E-state index contributed by atoms with van der Waals surface area (Å²) < 4.78 is 21.0. The van der Waals surface area contributed by atoms with Crippen LogP contribution in [0, 0.1) is 0 Å². The summed E-state index contributed by atoms with van der Waals surface area (Å²) in [4.78, 5) is 55.5. The first-order valence-corrected chi connectivity index (χ1v) is 15.8. The summed E-state index contributed by atoms with van der Waals surface area (Å²) in [7, 11) is 1.54. The number of guanidine groups is 1. The van der Waals surface area contributed by atoms with Crippen molar-refractivity contribution in [3.8, 4) is 5.75 Å². The first-order valence-electron chi connectivity index (χ1n) is 15.8. The quantitative estimate of drug-likeness (QED) is 0.0551. The molecular weight excluding hydrogens is 642 g/mol. The maximum atomic E-state index is 13.3. The Bertz CT molecular complexity index is 1630. The van der Waals surface area contributed by atoms with E-state index in [1.165, 1.54) is 7.11 Å². The van der Waals surface area contributed by atoms with Crippen molar-refractivity contribution in [3.63, 3.8) is 0 Å². The molecule has 0 spiro atoms. The zero-order valence-electron chi connectivity index (χ0n) is 27.5. The smallest absolute Gasteiger partial charge is 0.414 e. The second-order valence-electron chi connectivity index (χ2n) is 10.7. The molecule has 0 aromatic heterocycles. The Hall–Kier alpha value is -6.37. The van der Waals surface area contributed by atoms with Gasteiger partial charge in [0, 0.05) is 12.2 Å². The molecule has 4 aromatic carbocycles. The molecule has 4 aromatic rings. The van der Waals surface area contributed by atoms with Gasteiger partial charge in [0.05, 0.1) is 7.11 Å².